The van der Waals surface area contributed by atoms with E-state index < -0.39 is 0 Å². The Balaban J connectivity index is 2.52. The van der Waals surface area contributed by atoms with Gasteiger partial charge in [0.1, 0.15) is 10.8 Å². The number of thioether (sulfide) groups is 1. The number of benzene rings is 1. The molecule has 0 radical (unpaired) electrons. The number of nitrogens with zero attached hydrogens (tertiary/aromatic N) is 4. The lowest BCUT2D eigenvalue weighted by atomic mass is 10.2. The van der Waals surface area contributed by atoms with E-state index in [1.165, 1.54) is 26.0 Å². The molecule has 0 bridgehead atoms. The van der Waals surface area contributed by atoms with E-state index in [0.717, 1.165) is 5.82 Å². The van der Waals surface area contributed by atoms with Gasteiger partial charge < -0.3 is 9.47 Å². The second kappa shape index (κ2) is 8.09. The Morgan fingerprint density at radius 1 is 1.21 bits per heavy atom. The van der Waals surface area contributed by atoms with E-state index in [1.807, 2.05) is 20.1 Å². The fourth-order valence-corrected chi connectivity index (χ4v) is 3.22. The van der Waals surface area contributed by atoms with E-state index in [1.54, 1.807) is 17.0 Å². The van der Waals surface area contributed by atoms with Gasteiger partial charge in [-0.15, -0.1) is 10.2 Å². The molecule has 130 valence electrons. The fraction of sp³-hybridized carbons (Fsp3) is 0.400. The maximum atomic E-state index is 6.29. The number of halogens is 2. The molecule has 24 heavy (non-hydrogen) atoms. The van der Waals surface area contributed by atoms with Crippen LogP contribution < -0.4 is 9.47 Å². The highest BCUT2D eigenvalue weighted by molar-refractivity contribution is 7.98. The SMILES string of the molecule is COc1c(Cl)cc(/C=N\n2c(SC)nnc2C(C)C)c(OC)c1Cl. The average molecular weight is 389 g/mol. The first-order chi connectivity index (χ1) is 11.4. The van der Waals surface area contributed by atoms with Crippen molar-refractivity contribution in [3.05, 3.63) is 27.5 Å². The van der Waals surface area contributed by atoms with Crippen molar-refractivity contribution in [2.75, 3.05) is 20.5 Å². The van der Waals surface area contributed by atoms with Gasteiger partial charge in [0.05, 0.1) is 25.5 Å². The molecule has 1 heterocycles. The van der Waals surface area contributed by atoms with Gasteiger partial charge in [-0.05, 0) is 12.3 Å². The van der Waals surface area contributed by atoms with Crippen molar-refractivity contribution in [3.63, 3.8) is 0 Å². The van der Waals surface area contributed by atoms with Crippen molar-refractivity contribution >= 4 is 41.2 Å². The molecule has 0 saturated carbocycles. The first-order valence-corrected chi connectivity index (χ1v) is 9.06. The van der Waals surface area contributed by atoms with Crippen LogP contribution in [0.1, 0.15) is 31.2 Å². The molecule has 2 rings (SSSR count). The number of hydrogen-bond acceptors (Lipinski definition) is 6. The first kappa shape index (κ1) is 18.9. The van der Waals surface area contributed by atoms with Gasteiger partial charge in [0.15, 0.2) is 11.6 Å². The summed E-state index contributed by atoms with van der Waals surface area (Å²) >= 11 is 14.0. The average Bonchev–Trinajstić information content (AvgIpc) is 2.96. The normalized spacial score (nSPS) is 11.5. The standard InChI is InChI=1S/C15H18Cl2N4O2S/c1-8(2)14-19-20-15(24-5)21(14)18-7-9-6-10(16)13(23-4)11(17)12(9)22-3/h6-8H,1-5H3/b18-7-. The Bertz CT molecular complexity index is 762. The smallest absolute Gasteiger partial charge is 0.211 e. The molecule has 6 nitrogen and oxygen atoms in total. The molecule has 0 unspecified atom stereocenters. The van der Waals surface area contributed by atoms with Crippen LogP contribution in [-0.4, -0.2) is 41.6 Å². The van der Waals surface area contributed by atoms with Crippen LogP contribution in [0.5, 0.6) is 11.5 Å². The van der Waals surface area contributed by atoms with Crippen LogP contribution in [0.25, 0.3) is 0 Å². The quantitative estimate of drug-likeness (QED) is 0.544. The highest BCUT2D eigenvalue weighted by atomic mass is 35.5. The molecule has 0 aliphatic heterocycles. The predicted octanol–water partition coefficient (Wildman–Crippen LogP) is 4.33. The topological polar surface area (TPSA) is 61.5 Å². The number of aromatic nitrogens is 3. The van der Waals surface area contributed by atoms with Gasteiger partial charge in [0, 0.05) is 11.5 Å². The second-order valence-electron chi connectivity index (χ2n) is 5.08. The molecule has 0 saturated heterocycles. The molecular formula is C15H18Cl2N4O2S. The lowest BCUT2D eigenvalue weighted by Gasteiger charge is -2.12. The number of methoxy groups -OCH3 is 2. The summed E-state index contributed by atoms with van der Waals surface area (Å²) in [6.45, 7) is 4.06. The summed E-state index contributed by atoms with van der Waals surface area (Å²) in [7, 11) is 3.02. The van der Waals surface area contributed by atoms with Crippen molar-refractivity contribution in [1.82, 2.24) is 14.9 Å². The lowest BCUT2D eigenvalue weighted by Crippen LogP contribution is -2.03. The Labute approximate surface area is 155 Å². The molecule has 0 atom stereocenters. The van der Waals surface area contributed by atoms with E-state index in [-0.39, 0.29) is 5.92 Å². The van der Waals surface area contributed by atoms with E-state index in [9.17, 15) is 0 Å². The molecule has 0 amide bonds. The van der Waals surface area contributed by atoms with E-state index in [4.69, 9.17) is 32.7 Å². The highest BCUT2D eigenvalue weighted by Gasteiger charge is 2.18. The minimum absolute atomic E-state index is 0.181. The molecule has 0 aliphatic carbocycles. The van der Waals surface area contributed by atoms with Gasteiger partial charge in [0.2, 0.25) is 5.16 Å². The van der Waals surface area contributed by atoms with E-state index >= 15 is 0 Å². The van der Waals surface area contributed by atoms with E-state index in [0.29, 0.717) is 32.3 Å². The van der Waals surface area contributed by atoms with Gasteiger partial charge in [-0.3, -0.25) is 0 Å². The summed E-state index contributed by atoms with van der Waals surface area (Å²) < 4.78 is 12.3. The molecule has 2 aromatic rings. The van der Waals surface area contributed by atoms with Crippen molar-refractivity contribution < 1.29 is 9.47 Å². The number of hydrogen-bond donors (Lipinski definition) is 0. The summed E-state index contributed by atoms with van der Waals surface area (Å²) in [6, 6.07) is 1.69. The maximum Gasteiger partial charge on any atom is 0.211 e. The van der Waals surface area contributed by atoms with E-state index in [2.05, 4.69) is 15.3 Å². The zero-order valence-electron chi connectivity index (χ0n) is 14.0. The molecule has 0 N–H and O–H groups in total. The summed E-state index contributed by atoms with van der Waals surface area (Å²) in [5.41, 5.74) is 0.628. The van der Waals surface area contributed by atoms with Crippen LogP contribution in [0.2, 0.25) is 10.0 Å². The minimum Gasteiger partial charge on any atom is -0.494 e. The van der Waals surface area contributed by atoms with Crippen LogP contribution in [-0.2, 0) is 0 Å². The van der Waals surface area contributed by atoms with Gasteiger partial charge in [0.25, 0.3) is 0 Å². The molecule has 1 aromatic heterocycles. The summed E-state index contributed by atoms with van der Waals surface area (Å²) in [5, 5.41) is 14.2. The predicted molar refractivity (Wildman–Crippen MR) is 98.5 cm³/mol. The van der Waals surface area contributed by atoms with Gasteiger partial charge in [-0.25, -0.2) is 0 Å². The van der Waals surface area contributed by atoms with Crippen molar-refractivity contribution in [2.45, 2.75) is 24.9 Å². The van der Waals surface area contributed by atoms with Gasteiger partial charge in [-0.2, -0.15) is 9.78 Å². The molecule has 1 aromatic carbocycles. The Morgan fingerprint density at radius 3 is 2.42 bits per heavy atom. The Kier molecular flexibility index (Phi) is 6.37. The van der Waals surface area contributed by atoms with Crippen molar-refractivity contribution in [2.24, 2.45) is 5.10 Å². The summed E-state index contributed by atoms with van der Waals surface area (Å²) in [4.78, 5) is 0. The minimum atomic E-state index is 0.181. The van der Waals surface area contributed by atoms with Crippen LogP contribution in [0.4, 0.5) is 0 Å². The molecule has 0 aliphatic rings. The third-order valence-corrected chi connectivity index (χ3v) is 4.46. The zero-order chi connectivity index (χ0) is 17.9. The number of ether oxygens (including phenoxy) is 2. The van der Waals surface area contributed by atoms with Crippen molar-refractivity contribution in [1.29, 1.82) is 0 Å². The zero-order valence-corrected chi connectivity index (χ0v) is 16.3. The van der Waals surface area contributed by atoms with Crippen LogP contribution in [0, 0.1) is 0 Å². The third-order valence-electron chi connectivity index (χ3n) is 3.22. The fourth-order valence-electron chi connectivity index (χ4n) is 2.09. The largest absolute Gasteiger partial charge is 0.494 e. The molecule has 0 fully saturated rings. The van der Waals surface area contributed by atoms with Crippen LogP contribution in [0.3, 0.4) is 0 Å². The maximum absolute atomic E-state index is 6.29. The number of rotatable bonds is 6. The highest BCUT2D eigenvalue weighted by Crippen LogP contribution is 2.41. The summed E-state index contributed by atoms with van der Waals surface area (Å²) in [5.74, 6) is 1.75. The van der Waals surface area contributed by atoms with Gasteiger partial charge in [-0.1, -0.05) is 48.8 Å². The van der Waals surface area contributed by atoms with Gasteiger partial charge >= 0.3 is 0 Å². The van der Waals surface area contributed by atoms with Crippen molar-refractivity contribution in [3.8, 4) is 11.5 Å². The molecular weight excluding hydrogens is 371 g/mol. The lowest BCUT2D eigenvalue weighted by molar-refractivity contribution is 0.394. The molecule has 9 heteroatoms. The van der Waals surface area contributed by atoms with Crippen LogP contribution in [0.15, 0.2) is 16.3 Å². The second-order valence-corrected chi connectivity index (χ2v) is 6.64. The first-order valence-electron chi connectivity index (χ1n) is 7.08. The summed E-state index contributed by atoms with van der Waals surface area (Å²) in [6.07, 6.45) is 3.53. The Hall–Kier alpha value is -1.44. The van der Waals surface area contributed by atoms with Crippen LogP contribution >= 0.6 is 35.0 Å². The Morgan fingerprint density at radius 2 is 1.88 bits per heavy atom. The monoisotopic (exact) mass is 388 g/mol. The molecule has 0 spiro atoms. The third kappa shape index (κ3) is 3.63.